The van der Waals surface area contributed by atoms with Gasteiger partial charge in [0, 0.05) is 12.8 Å². The van der Waals surface area contributed by atoms with Crippen LogP contribution < -0.4 is 5.32 Å². The molecule has 6 nitrogen and oxygen atoms in total. The van der Waals surface area contributed by atoms with E-state index >= 15 is 0 Å². The van der Waals surface area contributed by atoms with E-state index in [9.17, 15) is 19.8 Å². The number of carbonyl (C=O) groups is 2. The van der Waals surface area contributed by atoms with Crippen molar-refractivity contribution < 1.29 is 24.5 Å². The van der Waals surface area contributed by atoms with Gasteiger partial charge in [-0.3, -0.25) is 9.59 Å². The van der Waals surface area contributed by atoms with Crippen LogP contribution in [0.4, 0.5) is 0 Å². The number of hydrogen-bond donors (Lipinski definition) is 3. The van der Waals surface area contributed by atoms with Gasteiger partial charge in [0.05, 0.1) is 25.4 Å². The number of carbonyl (C=O) groups excluding carboxylic acids is 2. The zero-order valence-electron chi connectivity index (χ0n) is 46.6. The minimum Gasteiger partial charge on any atom is -0.466 e. The Morgan fingerprint density at radius 3 is 1.04 bits per heavy atom. The van der Waals surface area contributed by atoms with Crippen molar-refractivity contribution in [3.8, 4) is 0 Å². The Labute approximate surface area is 431 Å². The summed E-state index contributed by atoms with van der Waals surface area (Å²) < 4.78 is 5.46. The highest BCUT2D eigenvalue weighted by molar-refractivity contribution is 5.76. The monoisotopic (exact) mass is 972 g/mol. The summed E-state index contributed by atoms with van der Waals surface area (Å²) in [4.78, 5) is 24.5. The third-order valence-corrected chi connectivity index (χ3v) is 14.5. The smallest absolute Gasteiger partial charge is 0.305 e. The van der Waals surface area contributed by atoms with Crippen LogP contribution in [0.15, 0.2) is 24.3 Å². The first-order chi connectivity index (χ1) is 34.0. The fourth-order valence-electron chi connectivity index (χ4n) is 9.69. The Morgan fingerprint density at radius 2 is 0.681 bits per heavy atom. The summed E-state index contributed by atoms with van der Waals surface area (Å²) >= 11 is 0. The van der Waals surface area contributed by atoms with Gasteiger partial charge in [-0.2, -0.15) is 0 Å². The average molecular weight is 973 g/mol. The molecule has 6 heteroatoms. The number of esters is 1. The molecule has 2 unspecified atom stereocenters. The molecule has 1 amide bonds. The number of ether oxygens (including phenoxy) is 1. The summed E-state index contributed by atoms with van der Waals surface area (Å²) in [6, 6.07) is -0.549. The SMILES string of the molecule is CCCCCC/C=C\CCCCCCCC(=O)OCCCCCCCCCC/C=C\CCCCCCCCCC(=O)NC(CO)C(O)CCCCCCCCCCCCCCCCCCCCCC. The first-order valence-corrected chi connectivity index (χ1v) is 31.1. The Kier molecular flexibility index (Phi) is 57.5. The van der Waals surface area contributed by atoms with Gasteiger partial charge in [0.15, 0.2) is 0 Å². The second-order valence-corrected chi connectivity index (χ2v) is 21.4. The van der Waals surface area contributed by atoms with Crippen molar-refractivity contribution >= 4 is 11.9 Å². The molecule has 2 atom stereocenters. The Morgan fingerprint density at radius 1 is 0.391 bits per heavy atom. The molecule has 0 aromatic heterocycles. The number of aliphatic hydroxyl groups is 2. The maximum Gasteiger partial charge on any atom is 0.305 e. The average Bonchev–Trinajstić information content (AvgIpc) is 3.35. The van der Waals surface area contributed by atoms with Gasteiger partial charge in [0.2, 0.25) is 5.91 Å². The van der Waals surface area contributed by atoms with Crippen LogP contribution in [0.1, 0.15) is 341 Å². The summed E-state index contributed by atoms with van der Waals surface area (Å²) in [6.45, 7) is 4.94. The summed E-state index contributed by atoms with van der Waals surface area (Å²) in [7, 11) is 0. The Hall–Kier alpha value is -1.66. The molecule has 0 aliphatic rings. The van der Waals surface area contributed by atoms with E-state index in [0.717, 1.165) is 44.9 Å². The second-order valence-electron chi connectivity index (χ2n) is 21.4. The number of rotatable bonds is 58. The lowest BCUT2D eigenvalue weighted by atomic mass is 10.0. The first-order valence-electron chi connectivity index (χ1n) is 31.1. The van der Waals surface area contributed by atoms with Crippen LogP contribution in [0.5, 0.6) is 0 Å². The normalized spacial score (nSPS) is 12.7. The Balaban J connectivity index is 3.44. The molecule has 0 aliphatic heterocycles. The van der Waals surface area contributed by atoms with Crippen molar-refractivity contribution in [3.63, 3.8) is 0 Å². The van der Waals surface area contributed by atoms with E-state index in [-0.39, 0.29) is 18.5 Å². The molecular weight excluding hydrogens is 851 g/mol. The first kappa shape index (κ1) is 67.3. The third kappa shape index (κ3) is 55.5. The molecule has 0 aromatic rings. The van der Waals surface area contributed by atoms with E-state index in [1.165, 1.54) is 263 Å². The molecule has 0 saturated carbocycles. The molecule has 0 radical (unpaired) electrons. The van der Waals surface area contributed by atoms with Crippen LogP contribution in [0.25, 0.3) is 0 Å². The highest BCUT2D eigenvalue weighted by Gasteiger charge is 2.20. The molecule has 408 valence electrons. The molecule has 0 saturated heterocycles. The predicted octanol–water partition coefficient (Wildman–Crippen LogP) is 19.4. The van der Waals surface area contributed by atoms with Crippen molar-refractivity contribution in [2.24, 2.45) is 0 Å². The van der Waals surface area contributed by atoms with Crippen molar-refractivity contribution in [1.29, 1.82) is 0 Å². The van der Waals surface area contributed by atoms with Gasteiger partial charge in [-0.05, 0) is 77.0 Å². The number of allylic oxidation sites excluding steroid dienone is 4. The largest absolute Gasteiger partial charge is 0.466 e. The molecule has 0 rings (SSSR count). The fourth-order valence-corrected chi connectivity index (χ4v) is 9.69. The molecule has 69 heavy (non-hydrogen) atoms. The predicted molar refractivity (Wildman–Crippen MR) is 301 cm³/mol. The topological polar surface area (TPSA) is 95.9 Å². The van der Waals surface area contributed by atoms with E-state index in [2.05, 4.69) is 43.5 Å². The summed E-state index contributed by atoms with van der Waals surface area (Å²) in [5.41, 5.74) is 0. The van der Waals surface area contributed by atoms with E-state index in [0.29, 0.717) is 25.9 Å². The third-order valence-electron chi connectivity index (χ3n) is 14.5. The number of aliphatic hydroxyl groups excluding tert-OH is 2. The minimum atomic E-state index is -0.671. The quantitative estimate of drug-likeness (QED) is 0.0321. The van der Waals surface area contributed by atoms with Crippen molar-refractivity contribution in [3.05, 3.63) is 24.3 Å². The van der Waals surface area contributed by atoms with Crippen LogP contribution in [0, 0.1) is 0 Å². The lowest BCUT2D eigenvalue weighted by Crippen LogP contribution is -2.45. The molecule has 0 aliphatic carbocycles. The molecule has 3 N–H and O–H groups in total. The fraction of sp³-hybridized carbons (Fsp3) is 0.905. The van der Waals surface area contributed by atoms with Gasteiger partial charge in [-0.25, -0.2) is 0 Å². The second kappa shape index (κ2) is 58.9. The molecule has 0 heterocycles. The van der Waals surface area contributed by atoms with Crippen LogP contribution in [-0.4, -0.2) is 47.4 Å². The van der Waals surface area contributed by atoms with Crippen molar-refractivity contribution in [2.75, 3.05) is 13.2 Å². The van der Waals surface area contributed by atoms with Gasteiger partial charge in [0.25, 0.3) is 0 Å². The summed E-state index contributed by atoms with van der Waals surface area (Å²) in [6.07, 6.45) is 71.8. The molecule has 0 bridgehead atoms. The number of hydrogen-bond acceptors (Lipinski definition) is 5. The zero-order chi connectivity index (χ0) is 50.0. The van der Waals surface area contributed by atoms with Gasteiger partial charge < -0.3 is 20.3 Å². The van der Waals surface area contributed by atoms with Crippen LogP contribution in [-0.2, 0) is 14.3 Å². The van der Waals surface area contributed by atoms with Crippen molar-refractivity contribution in [2.45, 2.75) is 353 Å². The highest BCUT2D eigenvalue weighted by atomic mass is 16.5. The minimum absolute atomic E-state index is 0.00477. The maximum absolute atomic E-state index is 12.5. The van der Waals surface area contributed by atoms with E-state index in [1.807, 2.05) is 0 Å². The number of amides is 1. The molecular formula is C63H121NO5. The zero-order valence-corrected chi connectivity index (χ0v) is 46.6. The standard InChI is InChI=1S/C63H121NO5/c1-3-5-7-9-11-13-15-17-18-19-20-22-25-28-32-35-39-43-47-51-55-61(66)60(59-65)64-62(67)56-52-48-44-40-36-33-29-26-23-21-24-27-30-34-38-42-46-50-54-58-69-63(68)57-53-49-45-41-37-31-16-14-12-10-8-6-4-2/h14,16,21,23,60-61,65-66H,3-13,15,17-20,22,24-59H2,1-2H3,(H,64,67)/b16-14-,23-21-. The number of unbranched alkanes of at least 4 members (excludes halogenated alkanes) is 43. The van der Waals surface area contributed by atoms with E-state index in [1.54, 1.807) is 0 Å². The van der Waals surface area contributed by atoms with Crippen LogP contribution in [0.3, 0.4) is 0 Å². The van der Waals surface area contributed by atoms with Gasteiger partial charge >= 0.3 is 5.97 Å². The Bertz CT molecular complexity index is 1080. The van der Waals surface area contributed by atoms with E-state index in [4.69, 9.17) is 4.74 Å². The van der Waals surface area contributed by atoms with Gasteiger partial charge in [0.1, 0.15) is 0 Å². The highest BCUT2D eigenvalue weighted by Crippen LogP contribution is 2.18. The summed E-state index contributed by atoms with van der Waals surface area (Å²) in [5.74, 6) is -0.0465. The molecule has 0 aromatic carbocycles. The van der Waals surface area contributed by atoms with Crippen LogP contribution in [0.2, 0.25) is 0 Å². The maximum atomic E-state index is 12.5. The van der Waals surface area contributed by atoms with Gasteiger partial charge in [-0.15, -0.1) is 0 Å². The van der Waals surface area contributed by atoms with E-state index < -0.39 is 12.1 Å². The molecule has 0 spiro atoms. The lowest BCUT2D eigenvalue weighted by Gasteiger charge is -2.22. The van der Waals surface area contributed by atoms with Crippen LogP contribution >= 0.6 is 0 Å². The summed E-state index contributed by atoms with van der Waals surface area (Å²) in [5, 5.41) is 23.4. The van der Waals surface area contributed by atoms with Gasteiger partial charge in [-0.1, -0.05) is 276 Å². The lowest BCUT2D eigenvalue weighted by molar-refractivity contribution is -0.143. The van der Waals surface area contributed by atoms with Crippen molar-refractivity contribution in [1.82, 2.24) is 5.32 Å². The molecule has 0 fully saturated rings. The number of nitrogens with one attached hydrogen (secondary N) is 1.